The van der Waals surface area contributed by atoms with E-state index >= 15 is 0 Å². The first kappa shape index (κ1) is 15.4. The zero-order valence-corrected chi connectivity index (χ0v) is 16.2. The van der Waals surface area contributed by atoms with Gasteiger partial charge in [-0.1, -0.05) is 20.3 Å². The summed E-state index contributed by atoms with van der Waals surface area (Å²) in [6.45, 7) is 5.14. The maximum atomic E-state index is 11.0. The predicted octanol–water partition coefficient (Wildman–Crippen LogP) is 1.60. The summed E-state index contributed by atoms with van der Waals surface area (Å²) in [5.41, 5.74) is 0. The molecule has 0 N–H and O–H groups in total. The van der Waals surface area contributed by atoms with Gasteiger partial charge in [0.2, 0.25) is 0 Å². The van der Waals surface area contributed by atoms with Crippen molar-refractivity contribution in [3.8, 4) is 0 Å². The van der Waals surface area contributed by atoms with Gasteiger partial charge in [0.25, 0.3) is 0 Å². The summed E-state index contributed by atoms with van der Waals surface area (Å²) in [5.74, 6) is -0.127. The van der Waals surface area contributed by atoms with Crippen LogP contribution in [0.15, 0.2) is 0 Å². The Balaban J connectivity index is 0. The summed E-state index contributed by atoms with van der Waals surface area (Å²) in [6, 6.07) is 0. The molecule has 1 saturated heterocycles. The normalized spacial score (nSPS) is 19.1. The molecule has 0 saturated carbocycles. The number of nitrogens with zero attached hydrogens (tertiary/aromatic N) is 1. The smallest absolute Gasteiger partial charge is 0.409 e. The molecule has 0 aromatic rings. The number of carbonyl (C=O) groups is 1. The van der Waals surface area contributed by atoms with Crippen molar-refractivity contribution in [1.29, 1.82) is 0 Å². The van der Waals surface area contributed by atoms with Gasteiger partial charge in [-0.25, -0.2) is 4.79 Å². The van der Waals surface area contributed by atoms with Crippen LogP contribution in [0.2, 0.25) is 0 Å². The average Bonchev–Trinajstić information content (AvgIpc) is 2.30. The van der Waals surface area contributed by atoms with Crippen molar-refractivity contribution in [2.24, 2.45) is 5.92 Å². The van der Waals surface area contributed by atoms with Crippen molar-refractivity contribution in [2.75, 3.05) is 20.2 Å². The van der Waals surface area contributed by atoms with Crippen molar-refractivity contribution in [2.45, 2.75) is 26.7 Å². The fourth-order valence-corrected chi connectivity index (χ4v) is 1.37. The molecule has 1 heterocycles. The minimum absolute atomic E-state index is 0. The van der Waals surface area contributed by atoms with Crippen LogP contribution >= 0.6 is 0 Å². The maximum Gasteiger partial charge on any atom is 0.409 e. The number of carbonyl (C=O) groups excluding carboxylic acids is 2. The van der Waals surface area contributed by atoms with Gasteiger partial charge >= 0.3 is 6.09 Å². The third kappa shape index (κ3) is 4.64. The summed E-state index contributed by atoms with van der Waals surface area (Å²) in [7, 11) is 1.34. The number of ether oxygens (including phenoxy) is 1. The third-order valence-corrected chi connectivity index (χ3v) is 2.02. The molecule has 0 aromatic carbocycles. The van der Waals surface area contributed by atoms with E-state index in [4.69, 9.17) is 0 Å². The molecule has 0 radical (unpaired) electrons. The molecule has 0 spiro atoms. The van der Waals surface area contributed by atoms with Crippen LogP contribution in [0.1, 0.15) is 26.7 Å². The first-order chi connectivity index (χ1) is 6.77. The van der Waals surface area contributed by atoms with E-state index in [-0.39, 0.29) is 12.0 Å². The second-order valence-corrected chi connectivity index (χ2v) is 2.87. The minimum Gasteiger partial charge on any atom is -0.541 e. The summed E-state index contributed by atoms with van der Waals surface area (Å²) in [5, 5.41) is 0. The van der Waals surface area contributed by atoms with Crippen LogP contribution < -0.4 is 0 Å². The van der Waals surface area contributed by atoms with E-state index in [0.717, 1.165) is 12.8 Å². The van der Waals surface area contributed by atoms with Crippen molar-refractivity contribution in [3.63, 3.8) is 0 Å². The van der Waals surface area contributed by atoms with Gasteiger partial charge in [-0.05, 0) is 6.42 Å². The van der Waals surface area contributed by atoms with Crippen molar-refractivity contribution >= 4 is 12.4 Å². The standard InChI is InChI=1S/C8H12NO3.C2H6.Rf/c1-12-8(11)9-4-2-3-7(5-9)6-10;1-2;/h7H,2-5H2,1H3;1-2H3;/q-1;;. The molecule has 1 rings (SSSR count). The van der Waals surface area contributed by atoms with Gasteiger partial charge in [0.1, 0.15) is 0 Å². The van der Waals surface area contributed by atoms with E-state index < -0.39 is 0 Å². The van der Waals surface area contributed by atoms with Gasteiger partial charge in [-0.3, -0.25) is 6.29 Å². The second-order valence-electron chi connectivity index (χ2n) is 2.87. The number of methoxy groups -OCH3 is 1. The summed E-state index contributed by atoms with van der Waals surface area (Å²) in [6.07, 6.45) is 3.25. The maximum absolute atomic E-state index is 11.0. The number of rotatable bonds is 1. The van der Waals surface area contributed by atoms with Crippen molar-refractivity contribution in [3.05, 3.63) is 0 Å². The number of hydrogen-bond donors (Lipinski definition) is 0. The Hall–Kier alpha value is -2.06. The zero-order chi connectivity index (χ0) is 11.0. The van der Waals surface area contributed by atoms with Gasteiger partial charge in [0.15, 0.2) is 0 Å². The topological polar surface area (TPSA) is 46.6 Å². The summed E-state index contributed by atoms with van der Waals surface area (Å²) in [4.78, 5) is 22.9. The molecule has 1 fully saturated rings. The Kier molecular flexibility index (Phi) is 8.77. The zero-order valence-electron chi connectivity index (χ0n) is 9.78. The van der Waals surface area contributed by atoms with E-state index in [2.05, 4.69) is 4.74 Å². The van der Waals surface area contributed by atoms with E-state index in [9.17, 15) is 9.59 Å². The van der Waals surface area contributed by atoms with Crippen LogP contribution in [0.3, 0.4) is 0 Å². The van der Waals surface area contributed by atoms with Crippen LogP contribution in [-0.2, 0) is 9.53 Å². The minimum atomic E-state index is -0.352. The first-order valence-corrected chi connectivity index (χ1v) is 4.98. The molecule has 1 unspecified atom stereocenters. The quantitative estimate of drug-likeness (QED) is 0.551. The second kappa shape index (κ2) is 8.53. The molecule has 0 aromatic heterocycles. The van der Waals surface area contributed by atoms with Gasteiger partial charge in [-0.15, -0.1) is 5.92 Å². The number of piperidine rings is 1. The van der Waals surface area contributed by atoms with Crippen molar-refractivity contribution in [1.82, 2.24) is 4.90 Å². The number of amides is 1. The largest absolute Gasteiger partial charge is 0.541 e. The van der Waals surface area contributed by atoms with Crippen molar-refractivity contribution < 1.29 is 14.3 Å². The first-order valence-electron chi connectivity index (χ1n) is 4.98. The van der Waals surface area contributed by atoms with Gasteiger partial charge in [0.05, 0.1) is 7.11 Å². The SMILES string of the molecule is CC.COC(=O)N1CCCC([C-]=O)C1.[Rf]. The molecule has 0 aliphatic carbocycles. The Morgan fingerprint density at radius 3 is 2.53 bits per heavy atom. The Labute approximate surface area is 85.2 Å². The fraction of sp³-hybridized carbons (Fsp3) is 0.800. The molecule has 1 amide bonds. The summed E-state index contributed by atoms with van der Waals surface area (Å²) < 4.78 is 4.54. The monoisotopic (exact) mass is 467 g/mol. The van der Waals surface area contributed by atoms with Gasteiger partial charge in [0, 0.05) is 13.1 Å². The van der Waals surface area contributed by atoms with Crippen LogP contribution in [0.4, 0.5) is 4.79 Å². The number of hydrogen-bond acceptors (Lipinski definition) is 3. The Bertz CT molecular complexity index is 188. The predicted molar refractivity (Wildman–Crippen MR) is 53.7 cm³/mol. The molecule has 0 bridgehead atoms. The summed E-state index contributed by atoms with van der Waals surface area (Å²) >= 11 is 0. The molecule has 15 heavy (non-hydrogen) atoms. The Morgan fingerprint density at radius 2 is 2.07 bits per heavy atom. The molecule has 1 aliphatic heterocycles. The van der Waals surface area contributed by atoms with Crippen LogP contribution in [0.25, 0.3) is 0 Å². The van der Waals surface area contributed by atoms with E-state index in [1.54, 1.807) is 4.90 Å². The van der Waals surface area contributed by atoms with Crippen LogP contribution in [-0.4, -0.2) is 37.5 Å². The average molecular weight is 467 g/mol. The molecule has 4 nitrogen and oxygen atoms in total. The molecule has 84 valence electrons. The van der Waals surface area contributed by atoms with E-state index in [1.807, 2.05) is 20.1 Å². The van der Waals surface area contributed by atoms with Crippen LogP contribution in [0.5, 0.6) is 0 Å². The molecular weight excluding hydrogens is 449 g/mol. The molecule has 1 aliphatic rings. The number of likely N-dealkylation sites (tertiary alicyclic amines) is 1. The van der Waals surface area contributed by atoms with E-state index in [0.29, 0.717) is 13.1 Å². The Morgan fingerprint density at radius 1 is 1.47 bits per heavy atom. The van der Waals surface area contributed by atoms with Gasteiger partial charge in [-0.2, -0.15) is 0 Å². The van der Waals surface area contributed by atoms with Gasteiger partial charge < -0.3 is 14.4 Å². The third-order valence-electron chi connectivity index (χ3n) is 2.02. The fourth-order valence-electron chi connectivity index (χ4n) is 1.37. The molecular formula is C10H18NO3Rf-. The molecule has 5 heteroatoms. The van der Waals surface area contributed by atoms with Crippen LogP contribution in [0, 0.1) is 5.92 Å². The van der Waals surface area contributed by atoms with E-state index in [1.165, 1.54) is 7.11 Å². The molecule has 1 atom stereocenters.